The minimum absolute atomic E-state index is 0.202. The monoisotopic (exact) mass is 364 g/mol. The summed E-state index contributed by atoms with van der Waals surface area (Å²) in [7, 11) is 1.39. The lowest BCUT2D eigenvalue weighted by atomic mass is 9.82. The van der Waals surface area contributed by atoms with Gasteiger partial charge in [0, 0.05) is 29.3 Å². The van der Waals surface area contributed by atoms with Crippen molar-refractivity contribution >= 4 is 29.2 Å². The van der Waals surface area contributed by atoms with Crippen molar-refractivity contribution in [2.75, 3.05) is 13.7 Å². The molecule has 4 nitrogen and oxygen atoms in total. The number of rotatable bonds is 6. The Kier molecular flexibility index (Phi) is 7.93. The molecule has 2 aliphatic carbocycles. The smallest absolute Gasteiger partial charge is 0.322 e. The van der Waals surface area contributed by atoms with E-state index in [1.54, 1.807) is 0 Å². The third kappa shape index (κ3) is 5.77. The van der Waals surface area contributed by atoms with Crippen molar-refractivity contribution in [3.8, 4) is 0 Å². The van der Waals surface area contributed by atoms with Crippen molar-refractivity contribution in [2.45, 2.75) is 74.2 Å². The maximum Gasteiger partial charge on any atom is 0.322 e. The van der Waals surface area contributed by atoms with Crippen molar-refractivity contribution in [3.05, 3.63) is 0 Å². The van der Waals surface area contributed by atoms with E-state index in [0.717, 1.165) is 57.9 Å². The van der Waals surface area contributed by atoms with Gasteiger partial charge in [0.25, 0.3) is 0 Å². The van der Waals surface area contributed by atoms with E-state index < -0.39 is 6.04 Å². The molecule has 0 aromatic rings. The lowest BCUT2D eigenvalue weighted by Gasteiger charge is -2.35. The van der Waals surface area contributed by atoms with E-state index in [9.17, 15) is 4.79 Å². The first kappa shape index (κ1) is 19.3. The number of nitrogens with one attached hydrogen (secondary N) is 1. The number of hydrogen-bond acceptors (Lipinski definition) is 4. The van der Waals surface area contributed by atoms with E-state index in [2.05, 4.69) is 5.32 Å². The molecule has 0 amide bonds. The predicted octanol–water partition coefficient (Wildman–Crippen LogP) is 3.04. The van der Waals surface area contributed by atoms with Gasteiger partial charge < -0.3 is 15.8 Å². The molecule has 23 heavy (non-hydrogen) atoms. The molecule has 134 valence electrons. The van der Waals surface area contributed by atoms with Gasteiger partial charge in [0.2, 0.25) is 0 Å². The summed E-state index contributed by atoms with van der Waals surface area (Å²) < 4.78 is 4.70. The van der Waals surface area contributed by atoms with E-state index in [1.807, 2.05) is 0 Å². The minimum atomic E-state index is -0.481. The zero-order valence-electron chi connectivity index (χ0n) is 14.0. The number of methoxy groups -OCH3 is 1. The highest BCUT2D eigenvalue weighted by Gasteiger charge is 2.32. The first-order valence-electron chi connectivity index (χ1n) is 8.86. The number of nitrogens with two attached hydrogens (primary N) is 1. The highest BCUT2D eigenvalue weighted by atomic mass is 35.5. The van der Waals surface area contributed by atoms with Gasteiger partial charge in [-0.25, -0.2) is 0 Å². The van der Waals surface area contributed by atoms with Crippen molar-refractivity contribution in [2.24, 2.45) is 17.6 Å². The molecule has 6 heteroatoms. The molecule has 0 aromatic carbocycles. The fraction of sp³-hybridized carbons (Fsp3) is 0.941. The second-order valence-corrected chi connectivity index (χ2v) is 8.24. The molecule has 0 radical (unpaired) electrons. The van der Waals surface area contributed by atoms with Crippen LogP contribution in [-0.2, 0) is 9.53 Å². The van der Waals surface area contributed by atoms with Crippen LogP contribution in [0.1, 0.15) is 51.4 Å². The molecule has 2 saturated carbocycles. The number of esters is 1. The summed E-state index contributed by atoms with van der Waals surface area (Å²) >= 11 is 12.9. The van der Waals surface area contributed by atoms with Crippen LogP contribution in [0.2, 0.25) is 0 Å². The number of carbonyl (C=O) groups is 1. The molecular formula is C17H30Cl2N2O2. The van der Waals surface area contributed by atoms with Crippen molar-refractivity contribution < 1.29 is 9.53 Å². The Morgan fingerprint density at radius 2 is 1.78 bits per heavy atom. The van der Waals surface area contributed by atoms with Gasteiger partial charge >= 0.3 is 5.97 Å². The molecule has 3 N–H and O–H groups in total. The third-order valence-corrected chi connectivity index (χ3v) is 6.55. The largest absolute Gasteiger partial charge is 0.468 e. The van der Waals surface area contributed by atoms with Gasteiger partial charge in [0.15, 0.2) is 0 Å². The second kappa shape index (κ2) is 9.45. The van der Waals surface area contributed by atoms with Crippen LogP contribution in [0.25, 0.3) is 0 Å². The van der Waals surface area contributed by atoms with E-state index in [-0.39, 0.29) is 16.7 Å². The fourth-order valence-corrected chi connectivity index (χ4v) is 4.84. The molecule has 2 fully saturated rings. The summed E-state index contributed by atoms with van der Waals surface area (Å²) in [6.45, 7) is 0.916. The van der Waals surface area contributed by atoms with Crippen LogP contribution in [0.3, 0.4) is 0 Å². The number of ether oxygens (including phenoxy) is 1. The third-order valence-electron chi connectivity index (χ3n) is 5.47. The van der Waals surface area contributed by atoms with Crippen LogP contribution >= 0.6 is 23.2 Å². The van der Waals surface area contributed by atoms with Gasteiger partial charge in [-0.3, -0.25) is 4.79 Å². The van der Waals surface area contributed by atoms with Crippen molar-refractivity contribution in [1.29, 1.82) is 0 Å². The molecule has 0 spiro atoms. The summed E-state index contributed by atoms with van der Waals surface area (Å²) in [5.74, 6) is 0.597. The Balaban J connectivity index is 1.67. The highest BCUT2D eigenvalue weighted by Crippen LogP contribution is 2.33. The van der Waals surface area contributed by atoms with Crippen LogP contribution in [-0.4, -0.2) is 42.5 Å². The number of carbonyl (C=O) groups excluding carboxylic acids is 1. The summed E-state index contributed by atoms with van der Waals surface area (Å²) in [5, 5.41) is 4.07. The highest BCUT2D eigenvalue weighted by molar-refractivity contribution is 6.24. The van der Waals surface area contributed by atoms with Gasteiger partial charge in [-0.05, 0) is 50.9 Å². The molecule has 3 atom stereocenters. The van der Waals surface area contributed by atoms with Crippen LogP contribution in [0.5, 0.6) is 0 Å². The molecule has 0 aromatic heterocycles. The SMILES string of the molecule is COC(=O)[C@@H](N)CC1CCC(NCC2C(Cl)CCCC2Cl)CC1. The van der Waals surface area contributed by atoms with Crippen molar-refractivity contribution in [1.82, 2.24) is 5.32 Å². The van der Waals surface area contributed by atoms with Crippen LogP contribution in [0.4, 0.5) is 0 Å². The van der Waals surface area contributed by atoms with Crippen LogP contribution in [0, 0.1) is 11.8 Å². The molecule has 2 unspecified atom stereocenters. The molecule has 0 heterocycles. The average molecular weight is 365 g/mol. The second-order valence-electron chi connectivity index (χ2n) is 7.12. The lowest BCUT2D eigenvalue weighted by molar-refractivity contribution is -0.142. The van der Waals surface area contributed by atoms with Gasteiger partial charge in [-0.15, -0.1) is 23.2 Å². The lowest BCUT2D eigenvalue weighted by Crippen LogP contribution is -2.43. The minimum Gasteiger partial charge on any atom is -0.468 e. The zero-order chi connectivity index (χ0) is 16.8. The van der Waals surface area contributed by atoms with Gasteiger partial charge in [-0.1, -0.05) is 6.42 Å². The van der Waals surface area contributed by atoms with E-state index >= 15 is 0 Å². The normalized spacial score (nSPS) is 36.4. The summed E-state index contributed by atoms with van der Waals surface area (Å²) in [4.78, 5) is 11.4. The van der Waals surface area contributed by atoms with Crippen LogP contribution in [0.15, 0.2) is 0 Å². The Morgan fingerprint density at radius 1 is 1.17 bits per heavy atom. The maximum atomic E-state index is 11.4. The summed E-state index contributed by atoms with van der Waals surface area (Å²) in [5.41, 5.74) is 5.86. The molecular weight excluding hydrogens is 335 g/mol. The molecule has 2 rings (SSSR count). The summed E-state index contributed by atoms with van der Waals surface area (Å²) in [6, 6.07) is 0.0565. The number of hydrogen-bond donors (Lipinski definition) is 2. The van der Waals surface area contributed by atoms with Gasteiger partial charge in [-0.2, -0.15) is 0 Å². The fourth-order valence-electron chi connectivity index (χ4n) is 3.93. The predicted molar refractivity (Wildman–Crippen MR) is 95.0 cm³/mol. The number of alkyl halides is 2. The molecule has 0 saturated heterocycles. The Bertz CT molecular complexity index is 366. The molecule has 0 bridgehead atoms. The topological polar surface area (TPSA) is 64.3 Å². The first-order chi connectivity index (χ1) is 11.0. The van der Waals surface area contributed by atoms with Crippen LogP contribution < -0.4 is 11.1 Å². The van der Waals surface area contributed by atoms with Gasteiger partial charge in [0.1, 0.15) is 6.04 Å². The van der Waals surface area contributed by atoms with Crippen molar-refractivity contribution in [3.63, 3.8) is 0 Å². The average Bonchev–Trinajstić information content (AvgIpc) is 2.55. The van der Waals surface area contributed by atoms with E-state index in [4.69, 9.17) is 33.7 Å². The number of halogens is 2. The standard InChI is InChI=1S/C17H30Cl2N2O2/c1-23-17(22)16(20)9-11-5-7-12(8-6-11)21-10-13-14(18)3-2-4-15(13)19/h11-16,21H,2-10,20H2,1H3/t11?,12?,13?,14?,15?,16-/m0/s1. The Hall–Kier alpha value is -0.0300. The Labute approximate surface area is 149 Å². The first-order valence-corrected chi connectivity index (χ1v) is 9.73. The zero-order valence-corrected chi connectivity index (χ0v) is 15.5. The quantitative estimate of drug-likeness (QED) is 0.561. The maximum absolute atomic E-state index is 11.4. The summed E-state index contributed by atoms with van der Waals surface area (Å²) in [6.07, 6.45) is 8.52. The molecule has 2 aliphatic rings. The van der Waals surface area contributed by atoms with E-state index in [1.165, 1.54) is 7.11 Å². The van der Waals surface area contributed by atoms with E-state index in [0.29, 0.717) is 17.9 Å². The molecule has 0 aliphatic heterocycles. The van der Waals surface area contributed by atoms with Gasteiger partial charge in [0.05, 0.1) is 7.11 Å². The Morgan fingerprint density at radius 3 is 2.35 bits per heavy atom.